The van der Waals surface area contributed by atoms with Crippen LogP contribution in [-0.2, 0) is 6.42 Å². The molecule has 2 aromatic carbocycles. The van der Waals surface area contributed by atoms with Gasteiger partial charge in [-0.3, -0.25) is 4.79 Å². The number of nitrogens with zero attached hydrogens (tertiary/aromatic N) is 1. The topological polar surface area (TPSA) is 85.5 Å². The predicted octanol–water partition coefficient (Wildman–Crippen LogP) is 5.28. The van der Waals surface area contributed by atoms with E-state index in [9.17, 15) is 4.79 Å². The lowest BCUT2D eigenvalue weighted by Gasteiger charge is -2.15. The Bertz CT molecular complexity index is 1370. The lowest BCUT2D eigenvalue weighted by molar-refractivity contribution is 0.356. The van der Waals surface area contributed by atoms with Crippen LogP contribution in [0.1, 0.15) is 23.7 Å². The summed E-state index contributed by atoms with van der Waals surface area (Å²) in [6.07, 6.45) is 0.407. The summed E-state index contributed by atoms with van der Waals surface area (Å²) in [5, 5.41) is 6.03. The molecule has 7 nitrogen and oxygen atoms in total. The number of H-pyrrole nitrogens is 1. The van der Waals surface area contributed by atoms with Crippen LogP contribution < -0.4 is 25.1 Å². The number of nitrogens with one attached hydrogen (secondary N) is 2. The fourth-order valence-corrected chi connectivity index (χ4v) is 4.02. The van der Waals surface area contributed by atoms with Gasteiger partial charge < -0.3 is 24.5 Å². The molecule has 0 bridgehead atoms. The zero-order chi connectivity index (χ0) is 22.8. The number of ether oxygens (including phenoxy) is 3. The number of fused-ring (bicyclic) bond motifs is 2. The molecule has 9 heteroatoms. The standard InChI is InChI=1S/C25H27N3O4.2ClH/c1-6-26-24-16(9-15-10-17(30-3)7-8-21(15)28-24)11-20-19-13-23(32-5)22(31-4)12-18(19)14(2)27-25(20)29;;/h7-10,12-13H,6,11H2,1-5H3,(H,26,28)(H,27,29);2*1H. The summed E-state index contributed by atoms with van der Waals surface area (Å²) >= 11 is 0. The monoisotopic (exact) mass is 505 g/mol. The molecule has 0 aliphatic rings. The van der Waals surface area contributed by atoms with Crippen molar-refractivity contribution in [2.45, 2.75) is 20.3 Å². The zero-order valence-corrected chi connectivity index (χ0v) is 21.4. The lowest BCUT2D eigenvalue weighted by Crippen LogP contribution is -2.16. The summed E-state index contributed by atoms with van der Waals surface area (Å²) in [6.45, 7) is 4.62. The Morgan fingerprint density at radius 1 is 0.941 bits per heavy atom. The van der Waals surface area contributed by atoms with E-state index in [1.165, 1.54) is 0 Å². The van der Waals surface area contributed by atoms with Gasteiger partial charge in [-0.25, -0.2) is 4.98 Å². The minimum Gasteiger partial charge on any atom is -0.497 e. The highest BCUT2D eigenvalue weighted by Crippen LogP contribution is 2.35. The number of methoxy groups -OCH3 is 3. The summed E-state index contributed by atoms with van der Waals surface area (Å²) < 4.78 is 16.3. The Hall–Kier alpha value is -3.16. The smallest absolute Gasteiger partial charge is 0.252 e. The number of hydrogen-bond donors (Lipinski definition) is 2. The molecule has 0 unspecified atom stereocenters. The largest absolute Gasteiger partial charge is 0.497 e. The van der Waals surface area contributed by atoms with Gasteiger partial charge in [-0.15, -0.1) is 24.8 Å². The van der Waals surface area contributed by atoms with Crippen molar-refractivity contribution >= 4 is 52.3 Å². The summed E-state index contributed by atoms with van der Waals surface area (Å²) in [7, 11) is 4.83. The summed E-state index contributed by atoms with van der Waals surface area (Å²) in [5.74, 6) is 2.73. The number of pyridine rings is 2. The van der Waals surface area contributed by atoms with Crippen molar-refractivity contribution in [3.05, 3.63) is 63.6 Å². The third kappa shape index (κ3) is 5.00. The Morgan fingerprint density at radius 2 is 1.62 bits per heavy atom. The molecule has 34 heavy (non-hydrogen) atoms. The number of aromatic nitrogens is 2. The number of halogens is 2. The van der Waals surface area contributed by atoms with Gasteiger partial charge in [0, 0.05) is 35.0 Å². The second kappa shape index (κ2) is 11.3. The molecule has 4 aromatic rings. The number of anilines is 1. The molecule has 2 aromatic heterocycles. The first-order valence-corrected chi connectivity index (χ1v) is 10.5. The third-order valence-corrected chi connectivity index (χ3v) is 5.64. The van der Waals surface area contributed by atoms with Crippen molar-refractivity contribution in [3.63, 3.8) is 0 Å². The molecular weight excluding hydrogens is 477 g/mol. The van der Waals surface area contributed by atoms with Crippen LogP contribution in [0.25, 0.3) is 21.7 Å². The highest BCUT2D eigenvalue weighted by atomic mass is 35.5. The SMILES string of the molecule is CCNc1nc2ccc(OC)cc2cc1Cc1c(=O)[nH]c(C)c2cc(OC)c(OC)cc12.Cl.Cl. The molecular formula is C25H29Cl2N3O4. The van der Waals surface area contributed by atoms with Crippen LogP contribution in [0.4, 0.5) is 5.82 Å². The van der Waals surface area contributed by atoms with E-state index >= 15 is 0 Å². The zero-order valence-electron chi connectivity index (χ0n) is 19.8. The van der Waals surface area contributed by atoms with Gasteiger partial charge in [0.2, 0.25) is 0 Å². The number of rotatable bonds is 7. The number of benzene rings is 2. The molecule has 182 valence electrons. The first-order valence-electron chi connectivity index (χ1n) is 10.5. The summed E-state index contributed by atoms with van der Waals surface area (Å²) in [4.78, 5) is 20.8. The van der Waals surface area contributed by atoms with E-state index in [1.807, 2.05) is 44.2 Å². The second-order valence-corrected chi connectivity index (χ2v) is 7.57. The fraction of sp³-hybridized carbons (Fsp3) is 0.280. The molecule has 0 amide bonds. The van der Waals surface area contributed by atoms with Gasteiger partial charge in [-0.05, 0) is 61.2 Å². The molecule has 0 radical (unpaired) electrons. The average molecular weight is 506 g/mol. The maximum atomic E-state index is 13.1. The summed E-state index contributed by atoms with van der Waals surface area (Å²) in [6, 6.07) is 11.6. The van der Waals surface area contributed by atoms with E-state index in [-0.39, 0.29) is 30.4 Å². The molecule has 0 aliphatic heterocycles. The van der Waals surface area contributed by atoms with Crippen LogP contribution in [0.5, 0.6) is 17.2 Å². The van der Waals surface area contributed by atoms with Crippen molar-refractivity contribution < 1.29 is 14.2 Å². The molecule has 4 rings (SSSR count). The van der Waals surface area contributed by atoms with Crippen LogP contribution in [0.3, 0.4) is 0 Å². The maximum Gasteiger partial charge on any atom is 0.252 e. The predicted molar refractivity (Wildman–Crippen MR) is 142 cm³/mol. The van der Waals surface area contributed by atoms with E-state index in [0.717, 1.165) is 51.0 Å². The van der Waals surface area contributed by atoms with E-state index in [4.69, 9.17) is 19.2 Å². The summed E-state index contributed by atoms with van der Waals surface area (Å²) in [5.41, 5.74) is 3.09. The Morgan fingerprint density at radius 3 is 2.24 bits per heavy atom. The van der Waals surface area contributed by atoms with E-state index in [1.54, 1.807) is 21.3 Å². The number of hydrogen-bond acceptors (Lipinski definition) is 6. The van der Waals surface area contributed by atoms with Crippen molar-refractivity contribution in [2.75, 3.05) is 33.2 Å². The van der Waals surface area contributed by atoms with E-state index < -0.39 is 0 Å². The molecule has 0 spiro atoms. The minimum atomic E-state index is -0.129. The Balaban J connectivity index is 0.00000204. The first kappa shape index (κ1) is 27.1. The molecule has 0 saturated carbocycles. The normalized spacial score (nSPS) is 10.4. The lowest BCUT2D eigenvalue weighted by atomic mass is 9.98. The van der Waals surface area contributed by atoms with Crippen molar-refractivity contribution in [3.8, 4) is 17.2 Å². The van der Waals surface area contributed by atoms with Gasteiger partial charge in [-0.1, -0.05) is 0 Å². The highest BCUT2D eigenvalue weighted by molar-refractivity contribution is 5.91. The fourth-order valence-electron chi connectivity index (χ4n) is 4.02. The molecule has 0 atom stereocenters. The Labute approximate surface area is 210 Å². The van der Waals surface area contributed by atoms with Gasteiger partial charge >= 0.3 is 0 Å². The molecule has 2 N–H and O–H groups in total. The van der Waals surface area contributed by atoms with Crippen LogP contribution in [0.15, 0.2) is 41.2 Å². The minimum absolute atomic E-state index is 0. The maximum absolute atomic E-state index is 13.1. The quantitative estimate of drug-likeness (QED) is 0.355. The van der Waals surface area contributed by atoms with Gasteiger partial charge in [0.25, 0.3) is 5.56 Å². The van der Waals surface area contributed by atoms with Gasteiger partial charge in [0.1, 0.15) is 11.6 Å². The molecule has 0 fully saturated rings. The average Bonchev–Trinajstić information content (AvgIpc) is 2.80. The Kier molecular flexibility index (Phi) is 9.01. The highest BCUT2D eigenvalue weighted by Gasteiger charge is 2.17. The van der Waals surface area contributed by atoms with Crippen LogP contribution >= 0.6 is 24.8 Å². The van der Waals surface area contributed by atoms with Crippen LogP contribution in [0, 0.1) is 6.92 Å². The van der Waals surface area contributed by atoms with E-state index in [0.29, 0.717) is 23.5 Å². The molecule has 2 heterocycles. The van der Waals surface area contributed by atoms with E-state index in [2.05, 4.69) is 16.4 Å². The van der Waals surface area contributed by atoms with Crippen LogP contribution in [-0.4, -0.2) is 37.8 Å². The van der Waals surface area contributed by atoms with Crippen LogP contribution in [0.2, 0.25) is 0 Å². The molecule has 0 saturated heterocycles. The van der Waals surface area contributed by atoms with Gasteiger partial charge in [0.15, 0.2) is 11.5 Å². The van der Waals surface area contributed by atoms with Gasteiger partial charge in [-0.2, -0.15) is 0 Å². The second-order valence-electron chi connectivity index (χ2n) is 7.57. The van der Waals surface area contributed by atoms with Crippen molar-refractivity contribution in [2.24, 2.45) is 0 Å². The number of aromatic amines is 1. The first-order chi connectivity index (χ1) is 15.5. The van der Waals surface area contributed by atoms with Crippen molar-refractivity contribution in [1.82, 2.24) is 9.97 Å². The molecule has 0 aliphatic carbocycles. The van der Waals surface area contributed by atoms with Crippen molar-refractivity contribution in [1.29, 1.82) is 0 Å². The van der Waals surface area contributed by atoms with Gasteiger partial charge in [0.05, 0.1) is 26.8 Å². The third-order valence-electron chi connectivity index (χ3n) is 5.64. The number of aryl methyl sites for hydroxylation is 1.